The van der Waals surface area contributed by atoms with E-state index in [2.05, 4.69) is 9.97 Å². The van der Waals surface area contributed by atoms with Gasteiger partial charge in [-0.1, -0.05) is 0 Å². The third-order valence-corrected chi connectivity index (χ3v) is 2.17. The Labute approximate surface area is 92.3 Å². The van der Waals surface area contributed by atoms with Crippen molar-refractivity contribution >= 4 is 22.7 Å². The minimum absolute atomic E-state index is 0.317. The minimum Gasteiger partial charge on any atom is -0.462 e. The highest BCUT2D eigenvalue weighted by atomic mass is 16.5. The maximum absolute atomic E-state index is 11.6. The number of esters is 1. The molecule has 82 valence electrons. The van der Waals surface area contributed by atoms with E-state index in [1.165, 1.54) is 6.20 Å². The molecular formula is C11H11N3O2. The van der Waals surface area contributed by atoms with Crippen LogP contribution in [0.5, 0.6) is 0 Å². The molecular weight excluding hydrogens is 206 g/mol. The van der Waals surface area contributed by atoms with Crippen molar-refractivity contribution in [1.29, 1.82) is 0 Å². The molecule has 0 radical (unpaired) electrons. The summed E-state index contributed by atoms with van der Waals surface area (Å²) < 4.78 is 4.92. The second kappa shape index (κ2) is 4.14. The van der Waals surface area contributed by atoms with Gasteiger partial charge in [0.05, 0.1) is 12.1 Å². The number of aromatic nitrogens is 2. The van der Waals surface area contributed by atoms with Crippen molar-refractivity contribution in [3.8, 4) is 0 Å². The highest BCUT2D eigenvalue weighted by molar-refractivity contribution is 6.04. The highest BCUT2D eigenvalue weighted by Gasteiger charge is 2.14. The van der Waals surface area contributed by atoms with Crippen LogP contribution >= 0.6 is 0 Å². The van der Waals surface area contributed by atoms with Gasteiger partial charge < -0.3 is 10.5 Å². The second-order valence-corrected chi connectivity index (χ2v) is 3.18. The fourth-order valence-electron chi connectivity index (χ4n) is 1.45. The number of nitrogen functional groups attached to an aromatic ring is 1. The first kappa shape index (κ1) is 10.4. The van der Waals surface area contributed by atoms with E-state index >= 15 is 0 Å². The lowest BCUT2D eigenvalue weighted by molar-refractivity contribution is 0.0528. The van der Waals surface area contributed by atoms with Gasteiger partial charge in [-0.2, -0.15) is 0 Å². The van der Waals surface area contributed by atoms with E-state index in [0.717, 1.165) is 0 Å². The molecule has 0 saturated heterocycles. The van der Waals surface area contributed by atoms with Crippen molar-refractivity contribution in [3.05, 3.63) is 30.1 Å². The first-order valence-corrected chi connectivity index (χ1v) is 4.90. The molecule has 0 unspecified atom stereocenters. The quantitative estimate of drug-likeness (QED) is 0.769. The summed E-state index contributed by atoms with van der Waals surface area (Å²) in [5.41, 5.74) is 6.56. The normalized spacial score (nSPS) is 10.3. The number of pyridine rings is 2. The molecule has 0 aliphatic heterocycles. The predicted octanol–water partition coefficient (Wildman–Crippen LogP) is 1.39. The lowest BCUT2D eigenvalue weighted by atomic mass is 10.1. The number of rotatable bonds is 2. The summed E-state index contributed by atoms with van der Waals surface area (Å²) in [6.07, 6.45) is 2.99. The lowest BCUT2D eigenvalue weighted by Gasteiger charge is -2.05. The SMILES string of the molecule is CCOC(=O)c1cnc(N)c2cccnc12. The van der Waals surface area contributed by atoms with Gasteiger partial charge in [0.1, 0.15) is 11.4 Å². The van der Waals surface area contributed by atoms with Crippen LogP contribution in [-0.2, 0) is 4.74 Å². The van der Waals surface area contributed by atoms with Gasteiger partial charge in [0.15, 0.2) is 0 Å². The largest absolute Gasteiger partial charge is 0.462 e. The average molecular weight is 217 g/mol. The van der Waals surface area contributed by atoms with Crippen LogP contribution in [0.25, 0.3) is 10.9 Å². The van der Waals surface area contributed by atoms with Crippen molar-refractivity contribution in [2.24, 2.45) is 0 Å². The summed E-state index contributed by atoms with van der Waals surface area (Å²) in [7, 11) is 0. The molecule has 16 heavy (non-hydrogen) atoms. The molecule has 0 aliphatic rings. The summed E-state index contributed by atoms with van der Waals surface area (Å²) in [6.45, 7) is 2.07. The van der Waals surface area contributed by atoms with Gasteiger partial charge in [0.2, 0.25) is 0 Å². The molecule has 5 nitrogen and oxygen atoms in total. The highest BCUT2D eigenvalue weighted by Crippen LogP contribution is 2.20. The number of nitrogens with two attached hydrogens (primary N) is 1. The Bertz CT molecular complexity index is 540. The Morgan fingerprint density at radius 1 is 1.50 bits per heavy atom. The standard InChI is InChI=1S/C11H11N3O2/c1-2-16-11(15)8-6-14-10(12)7-4-3-5-13-9(7)8/h3-6H,2H2,1H3,(H2,12,14). The van der Waals surface area contributed by atoms with Crippen LogP contribution in [0.2, 0.25) is 0 Å². The molecule has 2 aromatic rings. The van der Waals surface area contributed by atoms with Crippen molar-refractivity contribution < 1.29 is 9.53 Å². The van der Waals surface area contributed by atoms with E-state index in [0.29, 0.717) is 28.9 Å². The van der Waals surface area contributed by atoms with E-state index in [4.69, 9.17) is 10.5 Å². The zero-order chi connectivity index (χ0) is 11.5. The zero-order valence-corrected chi connectivity index (χ0v) is 8.80. The predicted molar refractivity (Wildman–Crippen MR) is 59.9 cm³/mol. The van der Waals surface area contributed by atoms with Crippen LogP contribution in [0.3, 0.4) is 0 Å². The van der Waals surface area contributed by atoms with Crippen molar-refractivity contribution in [2.45, 2.75) is 6.92 Å². The van der Waals surface area contributed by atoms with Crippen LogP contribution in [0.1, 0.15) is 17.3 Å². The number of anilines is 1. The maximum atomic E-state index is 11.6. The average Bonchev–Trinajstić information content (AvgIpc) is 2.30. The summed E-state index contributed by atoms with van der Waals surface area (Å²) in [4.78, 5) is 19.7. The smallest absolute Gasteiger partial charge is 0.341 e. The number of ether oxygens (including phenoxy) is 1. The van der Waals surface area contributed by atoms with Gasteiger partial charge in [0.25, 0.3) is 0 Å². The molecule has 2 rings (SSSR count). The molecule has 0 aliphatic carbocycles. The van der Waals surface area contributed by atoms with E-state index in [1.807, 2.05) is 0 Å². The summed E-state index contributed by atoms with van der Waals surface area (Å²) in [6, 6.07) is 3.52. The molecule has 0 atom stereocenters. The van der Waals surface area contributed by atoms with Gasteiger partial charge >= 0.3 is 5.97 Å². The van der Waals surface area contributed by atoms with Crippen molar-refractivity contribution in [1.82, 2.24) is 9.97 Å². The summed E-state index contributed by atoms with van der Waals surface area (Å²) >= 11 is 0. The van der Waals surface area contributed by atoms with E-state index < -0.39 is 5.97 Å². The van der Waals surface area contributed by atoms with Gasteiger partial charge in [0, 0.05) is 17.8 Å². The monoisotopic (exact) mass is 217 g/mol. The molecule has 2 aromatic heterocycles. The molecule has 0 amide bonds. The van der Waals surface area contributed by atoms with Crippen LogP contribution in [-0.4, -0.2) is 22.5 Å². The summed E-state index contributed by atoms with van der Waals surface area (Å²) in [5.74, 6) is -0.0742. The molecule has 2 heterocycles. The van der Waals surface area contributed by atoms with E-state index in [9.17, 15) is 4.79 Å². The number of nitrogens with zero attached hydrogens (tertiary/aromatic N) is 2. The lowest BCUT2D eigenvalue weighted by Crippen LogP contribution is -2.07. The Morgan fingerprint density at radius 3 is 3.06 bits per heavy atom. The van der Waals surface area contributed by atoms with Crippen molar-refractivity contribution in [2.75, 3.05) is 12.3 Å². The fraction of sp³-hybridized carbons (Fsp3) is 0.182. The first-order chi connectivity index (χ1) is 7.74. The molecule has 5 heteroatoms. The number of fused-ring (bicyclic) bond motifs is 1. The fourth-order valence-corrected chi connectivity index (χ4v) is 1.45. The molecule has 2 N–H and O–H groups in total. The molecule has 0 fully saturated rings. The zero-order valence-electron chi connectivity index (χ0n) is 8.80. The first-order valence-electron chi connectivity index (χ1n) is 4.90. The van der Waals surface area contributed by atoms with Gasteiger partial charge in [-0.3, -0.25) is 4.98 Å². The second-order valence-electron chi connectivity index (χ2n) is 3.18. The minimum atomic E-state index is -0.432. The number of hydrogen-bond acceptors (Lipinski definition) is 5. The van der Waals surface area contributed by atoms with E-state index in [1.54, 1.807) is 25.3 Å². The van der Waals surface area contributed by atoms with E-state index in [-0.39, 0.29) is 0 Å². The molecule has 0 bridgehead atoms. The van der Waals surface area contributed by atoms with Crippen LogP contribution < -0.4 is 5.73 Å². The Balaban J connectivity index is 2.63. The third kappa shape index (κ3) is 1.67. The van der Waals surface area contributed by atoms with Crippen LogP contribution in [0, 0.1) is 0 Å². The van der Waals surface area contributed by atoms with Gasteiger partial charge in [-0.05, 0) is 19.1 Å². The van der Waals surface area contributed by atoms with Gasteiger partial charge in [-0.25, -0.2) is 9.78 Å². The Hall–Kier alpha value is -2.17. The third-order valence-electron chi connectivity index (χ3n) is 2.17. The number of carbonyl (C=O) groups is 1. The van der Waals surface area contributed by atoms with Crippen molar-refractivity contribution in [3.63, 3.8) is 0 Å². The van der Waals surface area contributed by atoms with Gasteiger partial charge in [-0.15, -0.1) is 0 Å². The maximum Gasteiger partial charge on any atom is 0.341 e. The molecule has 0 aromatic carbocycles. The van der Waals surface area contributed by atoms with Crippen LogP contribution in [0.15, 0.2) is 24.5 Å². The molecule has 0 spiro atoms. The number of hydrogen-bond donors (Lipinski definition) is 1. The number of carbonyl (C=O) groups excluding carboxylic acids is 1. The Kier molecular flexibility index (Phi) is 2.68. The summed E-state index contributed by atoms with van der Waals surface area (Å²) in [5, 5.41) is 0.660. The Morgan fingerprint density at radius 2 is 2.31 bits per heavy atom. The van der Waals surface area contributed by atoms with Crippen LogP contribution in [0.4, 0.5) is 5.82 Å². The molecule has 0 saturated carbocycles. The topological polar surface area (TPSA) is 78.1 Å².